The van der Waals surface area contributed by atoms with Gasteiger partial charge in [0.25, 0.3) is 0 Å². The predicted molar refractivity (Wildman–Crippen MR) is 481 cm³/mol. The first-order valence-corrected chi connectivity index (χ1v) is 40.2. The van der Waals surface area contributed by atoms with Crippen LogP contribution in [0.1, 0.15) is 130 Å². The van der Waals surface area contributed by atoms with Gasteiger partial charge in [-0.25, -0.2) is 0 Å². The first-order valence-electron chi connectivity index (χ1n) is 40.2. The van der Waals surface area contributed by atoms with Gasteiger partial charge in [0, 0.05) is 100 Å². The molecule has 0 bridgehead atoms. The Kier molecular flexibility index (Phi) is 17.1. The summed E-state index contributed by atoms with van der Waals surface area (Å²) in [5.41, 5.74) is 30.8. The average molecular weight is 1460 g/mol. The molecule has 0 spiro atoms. The van der Waals surface area contributed by atoms with Crippen molar-refractivity contribution in [1.82, 2.24) is 18.3 Å². The van der Waals surface area contributed by atoms with Gasteiger partial charge < -0.3 is 23.2 Å². The van der Waals surface area contributed by atoms with E-state index in [0.717, 1.165) is 80.5 Å². The number of allylic oxidation sites excluding steroid dienone is 1. The second-order valence-electron chi connectivity index (χ2n) is 34.9. The van der Waals surface area contributed by atoms with Crippen molar-refractivity contribution in [2.75, 3.05) is 4.90 Å². The minimum absolute atomic E-state index is 0.0219. The highest BCUT2D eigenvalue weighted by atomic mass is 15.1. The lowest BCUT2D eigenvalue weighted by Crippen LogP contribution is -2.36. The summed E-state index contributed by atoms with van der Waals surface area (Å²) in [6.45, 7) is 38.0. The first-order chi connectivity index (χ1) is 53.9. The summed E-state index contributed by atoms with van der Waals surface area (Å²) < 4.78 is 9.75. The SMILES string of the molecule is C=CC(C)(c1ccc2c(c1)c1cc(C(C)(CC)C(C)(C)C)ccc1n2CC)c1ccc2c(c1)c1ccccc1n2-c1ccc(-c2ccc(N(c3ccc(-c4ccc(-n5c6ccccc6c6cc(C)ccc65)cc4)cc3)c3ccc(-c4ccc(-n5c6ccc(C(C)(C)C)cc6c6cc(C(C)(C)C)ccc65)cc4)cc3)cc2)cc1. The minimum atomic E-state index is -0.471. The third kappa shape index (κ3) is 11.8. The van der Waals surface area contributed by atoms with Crippen molar-refractivity contribution in [1.29, 1.82) is 0 Å². The van der Waals surface area contributed by atoms with E-state index >= 15 is 0 Å². The van der Waals surface area contributed by atoms with Gasteiger partial charge in [-0.1, -0.05) is 233 Å². The zero-order valence-corrected chi connectivity index (χ0v) is 67.3. The van der Waals surface area contributed by atoms with Crippen LogP contribution >= 0.6 is 0 Å². The largest absolute Gasteiger partial charge is 0.341 e. The van der Waals surface area contributed by atoms with E-state index in [1.807, 2.05) is 0 Å². The Morgan fingerprint density at radius 3 is 0.929 bits per heavy atom. The van der Waals surface area contributed by atoms with Gasteiger partial charge in [0.05, 0.1) is 33.1 Å². The molecule has 18 rings (SSSR count). The Hall–Kier alpha value is -12.2. The third-order valence-electron chi connectivity index (χ3n) is 25.5. The summed E-state index contributed by atoms with van der Waals surface area (Å²) in [5.74, 6) is 0. The zero-order valence-electron chi connectivity index (χ0n) is 67.3. The highest BCUT2D eigenvalue weighted by Crippen LogP contribution is 2.49. The summed E-state index contributed by atoms with van der Waals surface area (Å²) >= 11 is 0. The van der Waals surface area contributed by atoms with Crippen LogP contribution in [0.25, 0.3) is 138 Å². The molecule has 0 saturated heterocycles. The molecule has 0 N–H and O–H groups in total. The van der Waals surface area contributed by atoms with Crippen LogP contribution in [0.3, 0.4) is 0 Å². The summed E-state index contributed by atoms with van der Waals surface area (Å²) in [5, 5.41) is 10.2. The van der Waals surface area contributed by atoms with Crippen LogP contribution < -0.4 is 4.90 Å². The van der Waals surface area contributed by atoms with Gasteiger partial charge in [-0.3, -0.25) is 0 Å². The van der Waals surface area contributed by atoms with Gasteiger partial charge in [-0.05, 0) is 268 Å². The van der Waals surface area contributed by atoms with Crippen molar-refractivity contribution < 1.29 is 0 Å². The van der Waals surface area contributed by atoms with Gasteiger partial charge in [0.1, 0.15) is 0 Å². The maximum Gasteiger partial charge on any atom is 0.0541 e. The predicted octanol–water partition coefficient (Wildman–Crippen LogP) is 29.7. The van der Waals surface area contributed by atoms with E-state index in [-0.39, 0.29) is 21.7 Å². The molecule has 4 heterocycles. The fourth-order valence-corrected chi connectivity index (χ4v) is 18.1. The standard InChI is InChI=1S/C107H99N5/c1-16-106(14,78-42-58-95-91(67-78)92-68-80(44-59-96(92)108(95)18-3)107(15,17-2)105(11,12)13)79-43-62-100-90(66-79)88-24-20-22-26-98(88)111(100)85-53-36-74(37-54-85)71-30-47-82(48-31-71)109(81-45-28-70(29-46-81)73-34-51-84(52-35-73)110-97-25-21-19-23-87(97)89-63-69(4)27-57-99(89)110)83-49-32-72(33-50-83)75-38-55-86(56-39-75)112-101-60-40-76(103(5,6)7)64-93(101)94-65-77(104(8,9)10)41-61-102(94)112/h16,19-68H,1,17-18H2,2-15H3. The molecule has 0 radical (unpaired) electrons. The molecule has 4 aromatic heterocycles. The molecule has 2 unspecified atom stereocenters. The van der Waals surface area contributed by atoms with E-state index in [1.165, 1.54) is 121 Å². The molecule has 552 valence electrons. The zero-order chi connectivity index (χ0) is 77.5. The molecular formula is C107H99N5. The Labute approximate surface area is 660 Å². The number of benzene rings is 14. The Bertz CT molecular complexity index is 6640. The van der Waals surface area contributed by atoms with Gasteiger partial charge in [0.2, 0.25) is 0 Å². The van der Waals surface area contributed by atoms with Crippen LogP contribution in [0.15, 0.2) is 316 Å². The lowest BCUT2D eigenvalue weighted by molar-refractivity contribution is 0.196. The second kappa shape index (κ2) is 26.8. The van der Waals surface area contributed by atoms with E-state index in [4.69, 9.17) is 0 Å². The fraction of sp³-hybridized carbons (Fsp3) is 0.196. The molecule has 0 aliphatic rings. The van der Waals surface area contributed by atoms with E-state index in [9.17, 15) is 0 Å². The topological polar surface area (TPSA) is 23.0 Å². The lowest BCUT2D eigenvalue weighted by atomic mass is 9.62. The monoisotopic (exact) mass is 1450 g/mol. The molecule has 0 saturated carbocycles. The van der Waals surface area contributed by atoms with Gasteiger partial charge in [-0.2, -0.15) is 0 Å². The van der Waals surface area contributed by atoms with Gasteiger partial charge in [-0.15, -0.1) is 6.58 Å². The molecule has 0 fully saturated rings. The Morgan fingerprint density at radius 1 is 0.295 bits per heavy atom. The van der Waals surface area contributed by atoms with Crippen molar-refractivity contribution in [3.63, 3.8) is 0 Å². The van der Waals surface area contributed by atoms with E-state index in [0.29, 0.717) is 0 Å². The number of aryl methyl sites for hydroxylation is 2. The number of nitrogens with zero attached hydrogens (tertiary/aromatic N) is 5. The third-order valence-corrected chi connectivity index (χ3v) is 25.5. The molecular weight excluding hydrogens is 1360 g/mol. The van der Waals surface area contributed by atoms with E-state index < -0.39 is 5.41 Å². The maximum absolute atomic E-state index is 4.56. The minimum Gasteiger partial charge on any atom is -0.341 e. The quantitative estimate of drug-likeness (QED) is 0.0938. The van der Waals surface area contributed by atoms with Crippen LogP contribution in [-0.4, -0.2) is 18.3 Å². The van der Waals surface area contributed by atoms with E-state index in [2.05, 4.69) is 436 Å². The molecule has 5 nitrogen and oxygen atoms in total. The number of fused-ring (bicyclic) bond motifs is 12. The van der Waals surface area contributed by atoms with Gasteiger partial charge in [0.15, 0.2) is 0 Å². The number of hydrogen-bond acceptors (Lipinski definition) is 1. The summed E-state index contributed by atoms with van der Waals surface area (Å²) in [7, 11) is 0. The van der Waals surface area contributed by atoms with Crippen LogP contribution in [0.4, 0.5) is 17.1 Å². The fourth-order valence-electron chi connectivity index (χ4n) is 18.1. The molecule has 5 heteroatoms. The lowest BCUT2D eigenvalue weighted by Gasteiger charge is -2.42. The van der Waals surface area contributed by atoms with Crippen molar-refractivity contribution in [3.8, 4) is 50.4 Å². The number of hydrogen-bond donors (Lipinski definition) is 0. The molecule has 2 atom stereocenters. The van der Waals surface area contributed by atoms with Crippen molar-refractivity contribution in [2.45, 2.75) is 132 Å². The number of rotatable bonds is 15. The van der Waals surface area contributed by atoms with Crippen LogP contribution in [-0.2, 0) is 28.2 Å². The average Bonchev–Trinajstić information content (AvgIpc) is 1.43. The summed E-state index contributed by atoms with van der Waals surface area (Å²) in [6.07, 6.45) is 3.22. The second-order valence-corrected chi connectivity index (χ2v) is 34.9. The van der Waals surface area contributed by atoms with Crippen LogP contribution in [0.5, 0.6) is 0 Å². The summed E-state index contributed by atoms with van der Waals surface area (Å²) in [6, 6.07) is 115. The Morgan fingerprint density at radius 2 is 0.580 bits per heavy atom. The molecule has 14 aromatic carbocycles. The Balaban J connectivity index is 0.662. The molecule has 0 aliphatic carbocycles. The van der Waals surface area contributed by atoms with Crippen molar-refractivity contribution in [3.05, 3.63) is 349 Å². The number of anilines is 3. The summed E-state index contributed by atoms with van der Waals surface area (Å²) in [4.78, 5) is 2.38. The number of para-hydroxylation sites is 2. The smallest absolute Gasteiger partial charge is 0.0541 e. The van der Waals surface area contributed by atoms with Crippen molar-refractivity contribution in [2.24, 2.45) is 5.41 Å². The highest BCUT2D eigenvalue weighted by Gasteiger charge is 2.38. The van der Waals surface area contributed by atoms with Crippen LogP contribution in [0, 0.1) is 12.3 Å². The van der Waals surface area contributed by atoms with E-state index in [1.54, 1.807) is 0 Å². The first kappa shape index (κ1) is 71.4. The van der Waals surface area contributed by atoms with Crippen molar-refractivity contribution >= 4 is 104 Å². The normalized spacial score (nSPS) is 13.5. The molecule has 112 heavy (non-hydrogen) atoms. The number of aromatic nitrogens is 4. The van der Waals surface area contributed by atoms with Crippen LogP contribution in [0.2, 0.25) is 0 Å². The van der Waals surface area contributed by atoms with Gasteiger partial charge >= 0.3 is 0 Å². The molecule has 0 amide bonds. The highest BCUT2D eigenvalue weighted by molar-refractivity contribution is 6.13. The molecule has 18 aromatic rings. The maximum atomic E-state index is 4.56. The molecule has 0 aliphatic heterocycles.